The summed E-state index contributed by atoms with van der Waals surface area (Å²) in [6.07, 6.45) is 4.74. The molecule has 1 aliphatic rings. The molecule has 0 spiro atoms. The van der Waals surface area contributed by atoms with Crippen molar-refractivity contribution < 1.29 is 9.59 Å². The summed E-state index contributed by atoms with van der Waals surface area (Å²) in [6, 6.07) is 5.72. The molecule has 0 aliphatic carbocycles. The van der Waals surface area contributed by atoms with Gasteiger partial charge < -0.3 is 9.97 Å². The molecule has 2 amide bonds. The minimum Gasteiger partial charge on any atom is -0.361 e. The Kier molecular flexibility index (Phi) is 2.77. The zero-order chi connectivity index (χ0) is 15.3. The third-order valence-corrected chi connectivity index (χ3v) is 4.11. The summed E-state index contributed by atoms with van der Waals surface area (Å²) in [5.74, 6) is -0.825. The van der Waals surface area contributed by atoms with Crippen molar-refractivity contribution in [3.63, 3.8) is 0 Å². The van der Waals surface area contributed by atoms with Crippen molar-refractivity contribution in [2.45, 2.75) is 0 Å². The minimum absolute atomic E-state index is 0.311. The number of nitrogens with zero attached hydrogens (tertiary/aromatic N) is 1. The van der Waals surface area contributed by atoms with Gasteiger partial charge in [-0.05, 0) is 12.1 Å². The summed E-state index contributed by atoms with van der Waals surface area (Å²) in [4.78, 5) is 34.3. The number of carbonyl (C=O) groups excluding carboxylic acids is 2. The number of carbonyl (C=O) groups is 2. The summed E-state index contributed by atoms with van der Waals surface area (Å²) < 4.78 is 0.933. The van der Waals surface area contributed by atoms with Gasteiger partial charge in [-0.15, -0.1) is 0 Å². The van der Waals surface area contributed by atoms with E-state index in [0.717, 1.165) is 15.4 Å². The lowest BCUT2D eigenvalue weighted by Crippen LogP contribution is -2.22. The first-order valence-corrected chi connectivity index (χ1v) is 7.30. The molecular formula is C15H9BrN4O2. The van der Waals surface area contributed by atoms with Crippen LogP contribution in [0.4, 0.5) is 0 Å². The van der Waals surface area contributed by atoms with Crippen LogP contribution in [0.3, 0.4) is 0 Å². The number of imide groups is 1. The van der Waals surface area contributed by atoms with Crippen LogP contribution in [-0.2, 0) is 9.59 Å². The van der Waals surface area contributed by atoms with E-state index in [9.17, 15) is 9.59 Å². The third kappa shape index (κ3) is 1.82. The van der Waals surface area contributed by atoms with E-state index in [1.807, 2.05) is 18.2 Å². The van der Waals surface area contributed by atoms with Gasteiger partial charge in [0.15, 0.2) is 0 Å². The maximum absolute atomic E-state index is 12.3. The predicted octanol–water partition coefficient (Wildman–Crippen LogP) is 2.22. The lowest BCUT2D eigenvalue weighted by Gasteiger charge is -2.01. The summed E-state index contributed by atoms with van der Waals surface area (Å²) >= 11 is 3.41. The van der Waals surface area contributed by atoms with Crippen LogP contribution >= 0.6 is 15.9 Å². The summed E-state index contributed by atoms with van der Waals surface area (Å²) in [7, 11) is 0. The van der Waals surface area contributed by atoms with Crippen molar-refractivity contribution in [3.05, 3.63) is 52.7 Å². The maximum atomic E-state index is 12.3. The Morgan fingerprint density at radius 2 is 1.86 bits per heavy atom. The second-order valence-corrected chi connectivity index (χ2v) is 5.81. The van der Waals surface area contributed by atoms with E-state index in [4.69, 9.17) is 0 Å². The normalized spacial score (nSPS) is 15.0. The summed E-state index contributed by atoms with van der Waals surface area (Å²) in [5, 5.41) is 3.22. The van der Waals surface area contributed by atoms with Gasteiger partial charge in [0, 0.05) is 27.1 Å². The van der Waals surface area contributed by atoms with E-state index in [-0.39, 0.29) is 0 Å². The van der Waals surface area contributed by atoms with Crippen LogP contribution in [0.1, 0.15) is 11.3 Å². The number of benzene rings is 1. The molecule has 1 aliphatic heterocycles. The Hall–Kier alpha value is -2.67. The van der Waals surface area contributed by atoms with Crippen molar-refractivity contribution in [2.75, 3.05) is 0 Å². The monoisotopic (exact) mass is 356 g/mol. The van der Waals surface area contributed by atoms with E-state index < -0.39 is 11.8 Å². The number of H-pyrrole nitrogens is 2. The zero-order valence-electron chi connectivity index (χ0n) is 11.1. The fourth-order valence-electron chi connectivity index (χ4n) is 2.67. The molecule has 108 valence electrons. The standard InChI is InChI=1S/C15H9BrN4O2/c16-7-1-2-8-9(4-18-10(8)3-7)12-13(11-5-17-6-19-11)15(22)20-14(12)21/h1-6,18H,(H,17,19)(H,20,21,22). The fourth-order valence-corrected chi connectivity index (χ4v) is 3.03. The van der Waals surface area contributed by atoms with Gasteiger partial charge in [-0.3, -0.25) is 14.9 Å². The van der Waals surface area contributed by atoms with Crippen molar-refractivity contribution in [1.29, 1.82) is 0 Å². The van der Waals surface area contributed by atoms with Crippen LogP contribution in [-0.4, -0.2) is 26.8 Å². The minimum atomic E-state index is -0.421. The second kappa shape index (κ2) is 4.67. The molecule has 2 aromatic heterocycles. The molecule has 4 rings (SSSR count). The van der Waals surface area contributed by atoms with E-state index in [2.05, 4.69) is 36.2 Å². The smallest absolute Gasteiger partial charge is 0.261 e. The Morgan fingerprint density at radius 3 is 2.64 bits per heavy atom. The van der Waals surface area contributed by atoms with E-state index in [0.29, 0.717) is 22.4 Å². The highest BCUT2D eigenvalue weighted by Gasteiger charge is 2.34. The van der Waals surface area contributed by atoms with Crippen LogP contribution in [0.15, 0.2) is 41.4 Å². The molecule has 1 aromatic carbocycles. The molecule has 0 unspecified atom stereocenters. The lowest BCUT2D eigenvalue weighted by atomic mass is 9.99. The van der Waals surface area contributed by atoms with Crippen LogP contribution in [0.2, 0.25) is 0 Å². The molecule has 6 nitrogen and oxygen atoms in total. The van der Waals surface area contributed by atoms with Crippen molar-refractivity contribution in [2.24, 2.45) is 0 Å². The van der Waals surface area contributed by atoms with Gasteiger partial charge in [-0.25, -0.2) is 4.98 Å². The van der Waals surface area contributed by atoms with Crippen molar-refractivity contribution in [1.82, 2.24) is 20.3 Å². The van der Waals surface area contributed by atoms with Gasteiger partial charge in [0.05, 0.1) is 29.4 Å². The zero-order valence-corrected chi connectivity index (χ0v) is 12.7. The first kappa shape index (κ1) is 13.0. The molecule has 3 N–H and O–H groups in total. The van der Waals surface area contributed by atoms with Gasteiger partial charge in [0.1, 0.15) is 0 Å². The molecule has 0 atom stereocenters. The Bertz CT molecular complexity index is 953. The maximum Gasteiger partial charge on any atom is 0.261 e. The van der Waals surface area contributed by atoms with Gasteiger partial charge in [-0.2, -0.15) is 0 Å². The number of nitrogens with one attached hydrogen (secondary N) is 3. The Morgan fingerprint density at radius 1 is 1.05 bits per heavy atom. The molecule has 0 fully saturated rings. The number of fused-ring (bicyclic) bond motifs is 1. The highest BCUT2D eigenvalue weighted by atomic mass is 79.9. The quantitative estimate of drug-likeness (QED) is 0.615. The van der Waals surface area contributed by atoms with Crippen LogP contribution in [0.5, 0.6) is 0 Å². The van der Waals surface area contributed by atoms with Crippen LogP contribution in [0.25, 0.3) is 22.0 Å². The fraction of sp³-hybridized carbons (Fsp3) is 0. The molecule has 3 heterocycles. The average molecular weight is 357 g/mol. The number of aromatic nitrogens is 3. The first-order valence-electron chi connectivity index (χ1n) is 6.51. The lowest BCUT2D eigenvalue weighted by molar-refractivity contribution is -0.122. The number of amides is 2. The number of rotatable bonds is 2. The number of hydrogen-bond donors (Lipinski definition) is 3. The van der Waals surface area contributed by atoms with Gasteiger partial charge in [0.25, 0.3) is 11.8 Å². The van der Waals surface area contributed by atoms with Gasteiger partial charge in [0.2, 0.25) is 0 Å². The molecule has 22 heavy (non-hydrogen) atoms. The molecule has 3 aromatic rings. The van der Waals surface area contributed by atoms with Crippen molar-refractivity contribution >= 4 is 49.8 Å². The number of halogens is 1. The van der Waals surface area contributed by atoms with E-state index in [1.54, 1.807) is 6.20 Å². The molecule has 0 bridgehead atoms. The van der Waals surface area contributed by atoms with E-state index >= 15 is 0 Å². The first-order chi connectivity index (χ1) is 10.6. The Labute approximate surface area is 132 Å². The molecule has 0 saturated carbocycles. The van der Waals surface area contributed by atoms with Crippen LogP contribution < -0.4 is 5.32 Å². The third-order valence-electron chi connectivity index (χ3n) is 3.61. The molecular weight excluding hydrogens is 348 g/mol. The van der Waals surface area contributed by atoms with E-state index in [1.165, 1.54) is 12.5 Å². The van der Waals surface area contributed by atoms with Gasteiger partial charge in [-0.1, -0.05) is 22.0 Å². The number of aromatic amines is 2. The highest BCUT2D eigenvalue weighted by molar-refractivity contribution is 9.10. The van der Waals surface area contributed by atoms with Crippen molar-refractivity contribution in [3.8, 4) is 0 Å². The molecule has 7 heteroatoms. The largest absolute Gasteiger partial charge is 0.361 e. The summed E-state index contributed by atoms with van der Waals surface area (Å²) in [5.41, 5.74) is 2.75. The van der Waals surface area contributed by atoms with Gasteiger partial charge >= 0.3 is 0 Å². The SMILES string of the molecule is O=C1NC(=O)C(c2c[nH]c3cc(Br)ccc23)=C1c1cnc[nH]1. The topological polar surface area (TPSA) is 90.6 Å². The van der Waals surface area contributed by atoms with Crippen LogP contribution in [0, 0.1) is 0 Å². The Balaban J connectivity index is 2.02. The highest BCUT2D eigenvalue weighted by Crippen LogP contribution is 2.34. The summed E-state index contributed by atoms with van der Waals surface area (Å²) in [6.45, 7) is 0. The second-order valence-electron chi connectivity index (χ2n) is 4.89. The predicted molar refractivity (Wildman–Crippen MR) is 84.6 cm³/mol. The number of hydrogen-bond acceptors (Lipinski definition) is 3. The molecule has 0 radical (unpaired) electrons. The average Bonchev–Trinajstić information content (AvgIpc) is 3.17. The molecule has 0 saturated heterocycles. The number of imidazole rings is 1.